The number of urea groups is 1. The van der Waals surface area contributed by atoms with E-state index >= 15 is 0 Å². The molecule has 0 aliphatic rings. The van der Waals surface area contributed by atoms with E-state index in [4.69, 9.17) is 10.6 Å². The number of amides is 2. The number of hydrogen-bond donors (Lipinski definition) is 3. The Morgan fingerprint density at radius 3 is 2.88 bits per heavy atom. The first-order chi connectivity index (χ1) is 7.67. The molecule has 1 aromatic rings. The van der Waals surface area contributed by atoms with Crippen molar-refractivity contribution in [1.82, 2.24) is 10.7 Å². The number of carbonyl (C=O) groups excluding carboxylic acids is 1. The predicted octanol–water partition coefficient (Wildman–Crippen LogP) is 0.550. The van der Waals surface area contributed by atoms with Crippen LogP contribution in [0, 0.1) is 5.82 Å². The maximum atomic E-state index is 13.3. The second kappa shape index (κ2) is 5.92. The van der Waals surface area contributed by atoms with Crippen LogP contribution in [0.15, 0.2) is 18.2 Å². The first kappa shape index (κ1) is 12.3. The molecule has 16 heavy (non-hydrogen) atoms. The van der Waals surface area contributed by atoms with Gasteiger partial charge >= 0.3 is 6.03 Å². The molecule has 0 bridgehead atoms. The molecular weight excluding hydrogens is 213 g/mol. The van der Waals surface area contributed by atoms with Gasteiger partial charge in [-0.1, -0.05) is 6.07 Å². The summed E-state index contributed by atoms with van der Waals surface area (Å²) >= 11 is 0. The monoisotopic (exact) mass is 227 g/mol. The van der Waals surface area contributed by atoms with Crippen LogP contribution in [0.25, 0.3) is 0 Å². The first-order valence-electron chi connectivity index (χ1n) is 4.74. The molecular formula is C10H14FN3O2. The van der Waals surface area contributed by atoms with Crippen LogP contribution < -0.4 is 21.3 Å². The minimum atomic E-state index is -0.464. The topological polar surface area (TPSA) is 76.4 Å². The lowest BCUT2D eigenvalue weighted by atomic mass is 10.1. The van der Waals surface area contributed by atoms with Gasteiger partial charge in [0.1, 0.15) is 0 Å². The molecule has 2 amide bonds. The van der Waals surface area contributed by atoms with Crippen LogP contribution in [0.4, 0.5) is 9.18 Å². The molecule has 0 aromatic heterocycles. The summed E-state index contributed by atoms with van der Waals surface area (Å²) in [6.07, 6.45) is 0.522. The molecule has 0 fully saturated rings. The standard InChI is InChI=1S/C10H14FN3O2/c1-16-9-3-2-7(6-8(9)11)4-5-13-10(15)14-12/h2-3,6H,4-5,12H2,1H3,(H2,13,14,15). The van der Waals surface area contributed by atoms with Gasteiger partial charge in [0.05, 0.1) is 7.11 Å². The highest BCUT2D eigenvalue weighted by Crippen LogP contribution is 2.17. The zero-order valence-corrected chi connectivity index (χ0v) is 8.92. The Kier molecular flexibility index (Phi) is 4.53. The van der Waals surface area contributed by atoms with Gasteiger partial charge in [0.2, 0.25) is 0 Å². The van der Waals surface area contributed by atoms with Gasteiger partial charge < -0.3 is 10.1 Å². The van der Waals surface area contributed by atoms with E-state index < -0.39 is 11.8 Å². The number of hydrazine groups is 1. The first-order valence-corrected chi connectivity index (χ1v) is 4.74. The minimum Gasteiger partial charge on any atom is -0.494 e. The summed E-state index contributed by atoms with van der Waals surface area (Å²) in [6, 6.07) is 4.20. The van der Waals surface area contributed by atoms with Crippen molar-refractivity contribution in [3.05, 3.63) is 29.6 Å². The molecule has 0 spiro atoms. The molecule has 1 rings (SSSR count). The van der Waals surface area contributed by atoms with Gasteiger partial charge in [-0.25, -0.2) is 15.0 Å². The number of benzene rings is 1. The molecule has 0 unspecified atom stereocenters. The van der Waals surface area contributed by atoms with Gasteiger partial charge in [-0.3, -0.25) is 5.43 Å². The molecule has 1 aromatic carbocycles. The molecule has 4 N–H and O–H groups in total. The van der Waals surface area contributed by atoms with Crippen LogP contribution in [0.5, 0.6) is 5.75 Å². The lowest BCUT2D eigenvalue weighted by Gasteiger charge is -2.06. The fourth-order valence-corrected chi connectivity index (χ4v) is 1.24. The molecule has 6 heteroatoms. The number of rotatable bonds is 4. The maximum absolute atomic E-state index is 13.3. The zero-order chi connectivity index (χ0) is 12.0. The van der Waals surface area contributed by atoms with Gasteiger partial charge in [-0.15, -0.1) is 0 Å². The van der Waals surface area contributed by atoms with Gasteiger partial charge in [-0.05, 0) is 24.1 Å². The lowest BCUT2D eigenvalue weighted by Crippen LogP contribution is -2.40. The Labute approximate surface area is 92.7 Å². The van der Waals surface area contributed by atoms with Crippen LogP contribution in [0.1, 0.15) is 5.56 Å². The fourth-order valence-electron chi connectivity index (χ4n) is 1.24. The van der Waals surface area contributed by atoms with Crippen LogP contribution in [-0.4, -0.2) is 19.7 Å². The minimum absolute atomic E-state index is 0.205. The molecule has 0 saturated heterocycles. The molecule has 0 atom stereocenters. The van der Waals surface area contributed by atoms with Crippen molar-refractivity contribution in [2.24, 2.45) is 5.84 Å². The van der Waals surface area contributed by atoms with Crippen molar-refractivity contribution in [2.75, 3.05) is 13.7 Å². The van der Waals surface area contributed by atoms with Crippen molar-refractivity contribution in [3.63, 3.8) is 0 Å². The number of carbonyl (C=O) groups is 1. The quantitative estimate of drug-likeness (QED) is 0.399. The third-order valence-electron chi connectivity index (χ3n) is 2.05. The van der Waals surface area contributed by atoms with Crippen LogP contribution in [0.2, 0.25) is 0 Å². The summed E-state index contributed by atoms with van der Waals surface area (Å²) in [6.45, 7) is 0.384. The van der Waals surface area contributed by atoms with E-state index in [0.29, 0.717) is 13.0 Å². The van der Waals surface area contributed by atoms with Crippen LogP contribution >= 0.6 is 0 Å². The molecule has 0 heterocycles. The van der Waals surface area contributed by atoms with Gasteiger partial charge in [-0.2, -0.15) is 0 Å². The Morgan fingerprint density at radius 2 is 2.31 bits per heavy atom. The second-order valence-corrected chi connectivity index (χ2v) is 3.12. The number of halogens is 1. The van der Waals surface area contributed by atoms with E-state index in [1.807, 2.05) is 5.43 Å². The van der Waals surface area contributed by atoms with Crippen LogP contribution in [0.3, 0.4) is 0 Å². The summed E-state index contributed by atoms with van der Waals surface area (Å²) < 4.78 is 18.0. The number of methoxy groups -OCH3 is 1. The maximum Gasteiger partial charge on any atom is 0.328 e. The highest BCUT2D eigenvalue weighted by molar-refractivity contribution is 5.72. The molecule has 0 aliphatic carbocycles. The number of nitrogens with two attached hydrogens (primary N) is 1. The summed E-state index contributed by atoms with van der Waals surface area (Å²) in [5.41, 5.74) is 2.71. The van der Waals surface area contributed by atoms with Crippen molar-refractivity contribution < 1.29 is 13.9 Å². The van der Waals surface area contributed by atoms with Gasteiger partial charge in [0, 0.05) is 6.54 Å². The third-order valence-corrected chi connectivity index (χ3v) is 2.05. The number of hydrogen-bond acceptors (Lipinski definition) is 3. The largest absolute Gasteiger partial charge is 0.494 e. The Hall–Kier alpha value is -1.82. The molecule has 0 radical (unpaired) electrons. The van der Waals surface area contributed by atoms with Crippen molar-refractivity contribution in [1.29, 1.82) is 0 Å². The fraction of sp³-hybridized carbons (Fsp3) is 0.300. The molecule has 5 nitrogen and oxygen atoms in total. The third kappa shape index (κ3) is 3.39. The highest BCUT2D eigenvalue weighted by Gasteiger charge is 2.03. The van der Waals surface area contributed by atoms with Crippen molar-refractivity contribution >= 4 is 6.03 Å². The Balaban J connectivity index is 2.49. The van der Waals surface area contributed by atoms with E-state index in [1.54, 1.807) is 12.1 Å². The van der Waals surface area contributed by atoms with Crippen LogP contribution in [-0.2, 0) is 6.42 Å². The van der Waals surface area contributed by atoms with Gasteiger partial charge in [0.15, 0.2) is 11.6 Å². The Bertz CT molecular complexity index is 371. The Morgan fingerprint density at radius 1 is 1.56 bits per heavy atom. The SMILES string of the molecule is COc1ccc(CCNC(=O)NN)cc1F. The van der Waals surface area contributed by atoms with Crippen molar-refractivity contribution in [2.45, 2.75) is 6.42 Å². The predicted molar refractivity (Wildman–Crippen MR) is 57.4 cm³/mol. The summed E-state index contributed by atoms with van der Waals surface area (Å²) in [5.74, 6) is 4.67. The molecule has 0 saturated carbocycles. The normalized spacial score (nSPS) is 9.69. The van der Waals surface area contributed by atoms with Gasteiger partial charge in [0.25, 0.3) is 0 Å². The van der Waals surface area contributed by atoms with E-state index in [1.165, 1.54) is 13.2 Å². The smallest absolute Gasteiger partial charge is 0.328 e. The summed E-state index contributed by atoms with van der Waals surface area (Å²) in [5, 5.41) is 2.50. The average Bonchev–Trinajstić information content (AvgIpc) is 2.29. The zero-order valence-electron chi connectivity index (χ0n) is 8.92. The highest BCUT2D eigenvalue weighted by atomic mass is 19.1. The summed E-state index contributed by atoms with van der Waals surface area (Å²) in [7, 11) is 1.41. The number of nitrogens with one attached hydrogen (secondary N) is 2. The second-order valence-electron chi connectivity index (χ2n) is 3.12. The average molecular weight is 227 g/mol. The van der Waals surface area contributed by atoms with E-state index in [2.05, 4.69) is 5.32 Å². The van der Waals surface area contributed by atoms with Crippen molar-refractivity contribution in [3.8, 4) is 5.75 Å². The number of ether oxygens (including phenoxy) is 1. The van der Waals surface area contributed by atoms with E-state index in [0.717, 1.165) is 5.56 Å². The lowest BCUT2D eigenvalue weighted by molar-refractivity contribution is 0.241. The summed E-state index contributed by atoms with van der Waals surface area (Å²) in [4.78, 5) is 10.7. The molecule has 88 valence electrons. The van der Waals surface area contributed by atoms with E-state index in [-0.39, 0.29) is 5.75 Å². The van der Waals surface area contributed by atoms with E-state index in [9.17, 15) is 9.18 Å². The molecule has 0 aliphatic heterocycles.